The average Bonchev–Trinajstić information content (AvgIpc) is 2.14. The van der Waals surface area contributed by atoms with Crippen molar-refractivity contribution in [3.05, 3.63) is 44.3 Å². The van der Waals surface area contributed by atoms with Crippen LogP contribution >= 0.6 is 0 Å². The van der Waals surface area contributed by atoms with E-state index >= 15 is 0 Å². The predicted molar refractivity (Wildman–Crippen MR) is 52.7 cm³/mol. The first-order valence-corrected chi connectivity index (χ1v) is 4.31. The second-order valence-electron chi connectivity index (χ2n) is 3.17. The van der Waals surface area contributed by atoms with Crippen molar-refractivity contribution in [3.63, 3.8) is 0 Å². The summed E-state index contributed by atoms with van der Waals surface area (Å²) >= 11 is 0. The molecule has 0 aliphatic rings. The van der Waals surface area contributed by atoms with Crippen LogP contribution in [0.25, 0.3) is 11.0 Å². The van der Waals surface area contributed by atoms with E-state index in [0.29, 0.717) is 0 Å². The zero-order valence-corrected chi connectivity index (χ0v) is 8.14. The molecule has 0 aromatic carbocycles. The minimum Gasteiger partial charge on any atom is -0.478 e. The van der Waals surface area contributed by atoms with Crippen molar-refractivity contribution in [3.8, 4) is 0 Å². The standard InChI is InChI=1S/C10H6O6/c1-4-2-6-8(10(14)15-4)5(9(12)13)3-7(11)16-6/h2-3H,1H3,(H,12,13). The van der Waals surface area contributed by atoms with Crippen LogP contribution in [0.4, 0.5) is 0 Å². The van der Waals surface area contributed by atoms with Gasteiger partial charge in [0.15, 0.2) is 0 Å². The number of fused-ring (bicyclic) bond motifs is 1. The number of carboxylic acid groups (broad SMARTS) is 1. The summed E-state index contributed by atoms with van der Waals surface area (Å²) in [4.78, 5) is 33.4. The first kappa shape index (κ1) is 10.2. The maximum Gasteiger partial charge on any atom is 0.347 e. The molecular formula is C10H6O6. The highest BCUT2D eigenvalue weighted by Gasteiger charge is 2.16. The van der Waals surface area contributed by atoms with Crippen LogP contribution in [0.2, 0.25) is 0 Å². The molecular weight excluding hydrogens is 216 g/mol. The van der Waals surface area contributed by atoms with Crippen LogP contribution in [0.3, 0.4) is 0 Å². The summed E-state index contributed by atoms with van der Waals surface area (Å²) in [5.41, 5.74) is -2.16. The Labute approximate surface area is 87.7 Å². The zero-order valence-electron chi connectivity index (χ0n) is 8.14. The summed E-state index contributed by atoms with van der Waals surface area (Å²) in [7, 11) is 0. The Hall–Kier alpha value is -2.37. The molecule has 0 fully saturated rings. The average molecular weight is 222 g/mol. The fourth-order valence-corrected chi connectivity index (χ4v) is 1.40. The molecule has 0 saturated carbocycles. The third kappa shape index (κ3) is 1.50. The molecule has 2 rings (SSSR count). The van der Waals surface area contributed by atoms with Gasteiger partial charge in [-0.1, -0.05) is 0 Å². The molecule has 2 aromatic rings. The summed E-state index contributed by atoms with van der Waals surface area (Å²) in [5, 5.41) is 8.60. The molecule has 0 amide bonds. The lowest BCUT2D eigenvalue weighted by atomic mass is 10.1. The van der Waals surface area contributed by atoms with Crippen LogP contribution in [-0.4, -0.2) is 11.1 Å². The molecule has 0 atom stereocenters. The molecule has 0 aliphatic carbocycles. The fourth-order valence-electron chi connectivity index (χ4n) is 1.40. The van der Waals surface area contributed by atoms with Crippen molar-refractivity contribution in [1.29, 1.82) is 0 Å². The van der Waals surface area contributed by atoms with Crippen LogP contribution in [0, 0.1) is 6.92 Å². The Kier molecular flexibility index (Phi) is 2.12. The third-order valence-electron chi connectivity index (χ3n) is 2.01. The maximum atomic E-state index is 11.4. The Morgan fingerprint density at radius 3 is 2.56 bits per heavy atom. The Morgan fingerprint density at radius 2 is 1.94 bits per heavy atom. The highest BCUT2D eigenvalue weighted by atomic mass is 16.4. The lowest BCUT2D eigenvalue weighted by Gasteiger charge is -1.99. The van der Waals surface area contributed by atoms with Crippen LogP contribution in [0.15, 0.2) is 30.6 Å². The fraction of sp³-hybridized carbons (Fsp3) is 0.100. The minimum atomic E-state index is -1.38. The van der Waals surface area contributed by atoms with Crippen LogP contribution in [-0.2, 0) is 0 Å². The molecule has 0 unspecified atom stereocenters. The van der Waals surface area contributed by atoms with E-state index in [1.54, 1.807) is 0 Å². The number of hydrogen-bond donors (Lipinski definition) is 1. The van der Waals surface area contributed by atoms with Gasteiger partial charge < -0.3 is 13.9 Å². The third-order valence-corrected chi connectivity index (χ3v) is 2.01. The smallest absolute Gasteiger partial charge is 0.347 e. The van der Waals surface area contributed by atoms with Crippen molar-refractivity contribution in [2.75, 3.05) is 0 Å². The van der Waals surface area contributed by atoms with Gasteiger partial charge in [0.05, 0.1) is 5.56 Å². The van der Waals surface area contributed by atoms with Crippen molar-refractivity contribution in [1.82, 2.24) is 0 Å². The molecule has 0 bridgehead atoms. The van der Waals surface area contributed by atoms with E-state index < -0.39 is 22.8 Å². The molecule has 82 valence electrons. The van der Waals surface area contributed by atoms with Crippen LogP contribution in [0.5, 0.6) is 0 Å². The Morgan fingerprint density at radius 1 is 1.25 bits per heavy atom. The Balaban J connectivity index is 3.08. The van der Waals surface area contributed by atoms with E-state index in [0.717, 1.165) is 6.07 Å². The van der Waals surface area contributed by atoms with E-state index in [9.17, 15) is 14.4 Å². The quantitative estimate of drug-likeness (QED) is 0.764. The maximum absolute atomic E-state index is 11.4. The van der Waals surface area contributed by atoms with E-state index in [2.05, 4.69) is 0 Å². The monoisotopic (exact) mass is 222 g/mol. The number of hydrogen-bond acceptors (Lipinski definition) is 5. The summed E-state index contributed by atoms with van der Waals surface area (Å²) in [6.07, 6.45) is 0. The van der Waals surface area contributed by atoms with Gasteiger partial charge in [-0.3, -0.25) is 0 Å². The van der Waals surface area contributed by atoms with Gasteiger partial charge in [-0.15, -0.1) is 0 Å². The highest BCUT2D eigenvalue weighted by Crippen LogP contribution is 2.14. The van der Waals surface area contributed by atoms with Gasteiger partial charge in [-0.25, -0.2) is 14.4 Å². The Bertz CT molecular complexity index is 691. The van der Waals surface area contributed by atoms with Gasteiger partial charge in [0.1, 0.15) is 16.7 Å². The van der Waals surface area contributed by atoms with E-state index in [1.165, 1.54) is 13.0 Å². The van der Waals surface area contributed by atoms with Gasteiger partial charge in [0.2, 0.25) is 0 Å². The van der Waals surface area contributed by atoms with E-state index in [-0.39, 0.29) is 16.7 Å². The number of carbonyl (C=O) groups is 1. The van der Waals surface area contributed by atoms with Gasteiger partial charge >= 0.3 is 17.2 Å². The zero-order chi connectivity index (χ0) is 11.9. The molecule has 2 aromatic heterocycles. The lowest BCUT2D eigenvalue weighted by molar-refractivity contribution is 0.0698. The van der Waals surface area contributed by atoms with Gasteiger partial charge in [-0.2, -0.15) is 0 Å². The van der Waals surface area contributed by atoms with Crippen molar-refractivity contribution >= 4 is 16.9 Å². The molecule has 0 saturated heterocycles. The van der Waals surface area contributed by atoms with Crippen molar-refractivity contribution < 1.29 is 18.7 Å². The highest BCUT2D eigenvalue weighted by molar-refractivity contribution is 6.01. The normalized spacial score (nSPS) is 10.6. The topological polar surface area (TPSA) is 97.7 Å². The first-order chi connectivity index (χ1) is 7.49. The summed E-state index contributed by atoms with van der Waals surface area (Å²) in [6, 6.07) is 2.04. The van der Waals surface area contributed by atoms with Gasteiger partial charge in [-0.05, 0) is 6.92 Å². The molecule has 6 nitrogen and oxygen atoms in total. The van der Waals surface area contributed by atoms with Crippen LogP contribution in [0.1, 0.15) is 16.1 Å². The van der Waals surface area contributed by atoms with E-state index in [1.807, 2.05) is 0 Å². The SMILES string of the molecule is Cc1cc2oc(=O)cc(C(=O)O)c2c(=O)o1. The molecule has 1 N–H and O–H groups in total. The molecule has 0 aliphatic heterocycles. The predicted octanol–water partition coefficient (Wildman–Crippen LogP) is 0.753. The second-order valence-corrected chi connectivity index (χ2v) is 3.17. The number of carboxylic acids is 1. The lowest BCUT2D eigenvalue weighted by Crippen LogP contribution is -2.12. The summed E-state index contributed by atoms with van der Waals surface area (Å²) < 4.78 is 9.48. The van der Waals surface area contributed by atoms with Crippen molar-refractivity contribution in [2.24, 2.45) is 0 Å². The first-order valence-electron chi connectivity index (χ1n) is 4.31. The second kappa shape index (κ2) is 3.34. The van der Waals surface area contributed by atoms with Crippen LogP contribution < -0.4 is 11.3 Å². The largest absolute Gasteiger partial charge is 0.478 e. The summed E-state index contributed by atoms with van der Waals surface area (Å²) in [5.74, 6) is -1.14. The van der Waals surface area contributed by atoms with Gasteiger partial charge in [0, 0.05) is 12.1 Å². The molecule has 6 heteroatoms. The van der Waals surface area contributed by atoms with Gasteiger partial charge in [0.25, 0.3) is 0 Å². The van der Waals surface area contributed by atoms with Crippen molar-refractivity contribution in [2.45, 2.75) is 6.92 Å². The molecule has 0 spiro atoms. The summed E-state index contributed by atoms with van der Waals surface area (Å²) in [6.45, 7) is 1.49. The number of rotatable bonds is 1. The van der Waals surface area contributed by atoms with E-state index in [4.69, 9.17) is 13.9 Å². The molecule has 2 heterocycles. The molecule has 16 heavy (non-hydrogen) atoms. The molecule has 0 radical (unpaired) electrons. The number of aryl methyl sites for hydroxylation is 1. The number of aromatic carboxylic acids is 1. The minimum absolute atomic E-state index is 0.0846.